The van der Waals surface area contributed by atoms with E-state index in [2.05, 4.69) is 36.5 Å². The summed E-state index contributed by atoms with van der Waals surface area (Å²) in [5.41, 5.74) is 6.90. The number of amidine groups is 2. The zero-order valence-corrected chi connectivity index (χ0v) is 26.4. The zero-order valence-electron chi connectivity index (χ0n) is 24.8. The van der Waals surface area contributed by atoms with Crippen LogP contribution < -0.4 is 15.4 Å². The Labute approximate surface area is 263 Å². The van der Waals surface area contributed by atoms with Crippen molar-refractivity contribution in [3.8, 4) is 34.3 Å². The van der Waals surface area contributed by atoms with Crippen LogP contribution in [-0.4, -0.2) is 43.7 Å². The second-order valence-corrected chi connectivity index (χ2v) is 12.1. The van der Waals surface area contributed by atoms with Crippen molar-refractivity contribution in [2.45, 2.75) is 39.8 Å². The Kier molecular flexibility index (Phi) is 7.92. The average molecular weight is 650 g/mol. The molecule has 0 saturated carbocycles. The van der Waals surface area contributed by atoms with Crippen LogP contribution in [0.2, 0.25) is 0 Å². The minimum absolute atomic E-state index is 0.187. The maximum atomic E-state index is 8.29. The van der Waals surface area contributed by atoms with Crippen LogP contribution in [0.1, 0.15) is 38.8 Å². The lowest BCUT2D eigenvalue weighted by molar-refractivity contribution is 0.480. The van der Waals surface area contributed by atoms with Gasteiger partial charge < -0.3 is 25.3 Å². The Hall–Kier alpha value is -4.96. The Balaban J connectivity index is 1.16. The lowest BCUT2D eigenvalue weighted by Crippen LogP contribution is -2.30. The Bertz CT molecular complexity index is 2010. The molecule has 4 aromatic carbocycles. The van der Waals surface area contributed by atoms with E-state index in [4.69, 9.17) is 25.5 Å². The molecular weight excluding hydrogens is 616 g/mol. The number of fused-ring (bicyclic) bond motifs is 2. The van der Waals surface area contributed by atoms with Gasteiger partial charge in [0, 0.05) is 34.3 Å². The van der Waals surface area contributed by atoms with Crippen molar-refractivity contribution in [1.29, 1.82) is 10.8 Å². The molecule has 0 aliphatic carbocycles. The smallest absolute Gasteiger partial charge is 0.141 e. The standard InChI is InChI=1S/C34H33BrN8O/c1-18(2)38-31(36)21-7-12-26-28(16-21)42-33(40-26)20-5-10-24(11-6-20)44-30-14-9-23(15-25(30)35)34-41-27-13-8-22(17-29(27)43-34)32(37)39-19(3)4/h5-19H,1-4H3,(H2,36,38)(H2,37,39)(H,40,42)(H,41,43). The third-order valence-electron chi connectivity index (χ3n) is 6.97. The molecular formula is C34H33BrN8O. The molecule has 0 unspecified atom stereocenters. The molecule has 10 heteroatoms. The number of benzene rings is 4. The quantitative estimate of drug-likeness (QED) is 0.0734. The number of imidazole rings is 2. The maximum absolute atomic E-state index is 8.29. The van der Waals surface area contributed by atoms with Crippen molar-refractivity contribution >= 4 is 49.7 Å². The van der Waals surface area contributed by atoms with Crippen LogP contribution in [0.25, 0.3) is 44.8 Å². The van der Waals surface area contributed by atoms with Gasteiger partial charge >= 0.3 is 0 Å². The van der Waals surface area contributed by atoms with Gasteiger partial charge in [0.05, 0.1) is 26.5 Å². The first-order chi connectivity index (χ1) is 21.1. The number of hydrogen-bond acceptors (Lipinski definition) is 5. The normalized spacial score (nSPS) is 11.4. The summed E-state index contributed by atoms with van der Waals surface area (Å²) in [7, 11) is 0. The van der Waals surface area contributed by atoms with Crippen molar-refractivity contribution in [2.75, 3.05) is 0 Å². The summed E-state index contributed by atoms with van der Waals surface area (Å²) in [6.07, 6.45) is 0. The molecule has 0 spiro atoms. The lowest BCUT2D eigenvalue weighted by Gasteiger charge is -2.10. The molecule has 9 nitrogen and oxygen atoms in total. The minimum Gasteiger partial charge on any atom is -0.456 e. The zero-order chi connectivity index (χ0) is 31.0. The summed E-state index contributed by atoms with van der Waals surface area (Å²) >= 11 is 3.66. The fourth-order valence-electron chi connectivity index (χ4n) is 4.89. The van der Waals surface area contributed by atoms with Gasteiger partial charge in [0.1, 0.15) is 34.8 Å². The molecule has 0 bridgehead atoms. The molecule has 0 radical (unpaired) electrons. The lowest BCUT2D eigenvalue weighted by atomic mass is 10.1. The molecule has 6 rings (SSSR count). The Morgan fingerprint density at radius 3 is 1.68 bits per heavy atom. The third-order valence-corrected chi connectivity index (χ3v) is 7.59. The number of rotatable bonds is 8. The highest BCUT2D eigenvalue weighted by atomic mass is 79.9. The van der Waals surface area contributed by atoms with Crippen molar-refractivity contribution in [3.05, 3.63) is 94.5 Å². The van der Waals surface area contributed by atoms with Gasteiger partial charge in [-0.3, -0.25) is 10.8 Å². The predicted octanol–water partition coefficient (Wildman–Crippen LogP) is 7.97. The second-order valence-electron chi connectivity index (χ2n) is 11.3. The summed E-state index contributed by atoms with van der Waals surface area (Å²) < 4.78 is 6.99. The molecule has 44 heavy (non-hydrogen) atoms. The van der Waals surface area contributed by atoms with Crippen LogP contribution in [0.3, 0.4) is 0 Å². The fourth-order valence-corrected chi connectivity index (χ4v) is 5.35. The van der Waals surface area contributed by atoms with E-state index in [9.17, 15) is 0 Å². The van der Waals surface area contributed by atoms with Crippen LogP contribution in [-0.2, 0) is 0 Å². The predicted molar refractivity (Wildman–Crippen MR) is 181 cm³/mol. The van der Waals surface area contributed by atoms with Gasteiger partial charge in [0.15, 0.2) is 0 Å². The van der Waals surface area contributed by atoms with E-state index in [1.807, 2.05) is 107 Å². The summed E-state index contributed by atoms with van der Waals surface area (Å²) in [6.45, 7) is 8.06. The van der Waals surface area contributed by atoms with E-state index < -0.39 is 0 Å². The van der Waals surface area contributed by atoms with Gasteiger partial charge in [-0.1, -0.05) is 0 Å². The highest BCUT2D eigenvalue weighted by molar-refractivity contribution is 9.10. The molecule has 0 atom stereocenters. The number of halogens is 1. The summed E-state index contributed by atoms with van der Waals surface area (Å²) in [5.74, 6) is 3.65. The first kappa shape index (κ1) is 29.1. The first-order valence-electron chi connectivity index (χ1n) is 14.4. The van der Waals surface area contributed by atoms with Gasteiger partial charge in [-0.05, 0) is 122 Å². The molecule has 222 valence electrons. The Morgan fingerprint density at radius 1 is 0.682 bits per heavy atom. The maximum Gasteiger partial charge on any atom is 0.141 e. The van der Waals surface area contributed by atoms with Crippen molar-refractivity contribution in [2.24, 2.45) is 0 Å². The minimum atomic E-state index is 0.187. The number of ether oxygens (including phenoxy) is 1. The Morgan fingerprint density at radius 2 is 1.18 bits per heavy atom. The molecule has 0 saturated heterocycles. The van der Waals surface area contributed by atoms with Gasteiger partial charge in [0.2, 0.25) is 0 Å². The van der Waals surface area contributed by atoms with E-state index in [0.717, 1.165) is 60.4 Å². The van der Waals surface area contributed by atoms with Gasteiger partial charge in [-0.25, -0.2) is 9.97 Å². The number of aromatic nitrogens is 4. The molecule has 0 aliphatic heterocycles. The summed E-state index contributed by atoms with van der Waals surface area (Å²) in [4.78, 5) is 16.2. The number of hydrogen-bond donors (Lipinski definition) is 6. The highest BCUT2D eigenvalue weighted by Crippen LogP contribution is 2.34. The molecule has 0 amide bonds. The molecule has 2 heterocycles. The van der Waals surface area contributed by atoms with E-state index in [0.29, 0.717) is 23.2 Å². The van der Waals surface area contributed by atoms with Crippen LogP contribution in [0.4, 0.5) is 0 Å². The highest BCUT2D eigenvalue weighted by Gasteiger charge is 2.13. The molecule has 6 aromatic rings. The largest absolute Gasteiger partial charge is 0.456 e. The number of nitrogens with zero attached hydrogens (tertiary/aromatic N) is 2. The molecule has 2 aromatic heterocycles. The van der Waals surface area contributed by atoms with Gasteiger partial charge in [0.25, 0.3) is 0 Å². The average Bonchev–Trinajstić information content (AvgIpc) is 3.61. The van der Waals surface area contributed by atoms with Crippen LogP contribution >= 0.6 is 15.9 Å². The first-order valence-corrected chi connectivity index (χ1v) is 15.2. The number of H-pyrrole nitrogens is 2. The SMILES string of the molecule is CC(C)NC(=N)c1ccc2nc(-c3ccc(Oc4ccc(-c5nc6ccc(C(=N)NC(C)C)cc6[nH]5)cc4Br)cc3)[nH]c2c1. The fraction of sp³-hybridized carbons (Fsp3) is 0.176. The van der Waals surface area contributed by atoms with Crippen LogP contribution in [0.5, 0.6) is 11.5 Å². The topological polar surface area (TPSA) is 138 Å². The van der Waals surface area contributed by atoms with E-state index in [-0.39, 0.29) is 12.1 Å². The van der Waals surface area contributed by atoms with Gasteiger partial charge in [-0.15, -0.1) is 0 Å². The molecule has 0 aliphatic rings. The molecule has 6 N–H and O–H groups in total. The van der Waals surface area contributed by atoms with Crippen LogP contribution in [0.15, 0.2) is 83.3 Å². The summed E-state index contributed by atoms with van der Waals surface area (Å²) in [6, 6.07) is 25.6. The number of aromatic amines is 2. The van der Waals surface area contributed by atoms with E-state index in [1.54, 1.807) is 0 Å². The van der Waals surface area contributed by atoms with E-state index >= 15 is 0 Å². The van der Waals surface area contributed by atoms with Crippen molar-refractivity contribution in [1.82, 2.24) is 30.6 Å². The molecule has 0 fully saturated rings. The second kappa shape index (κ2) is 12.0. The van der Waals surface area contributed by atoms with Crippen molar-refractivity contribution < 1.29 is 4.74 Å². The van der Waals surface area contributed by atoms with Crippen LogP contribution in [0, 0.1) is 10.8 Å². The van der Waals surface area contributed by atoms with Crippen molar-refractivity contribution in [3.63, 3.8) is 0 Å². The van der Waals surface area contributed by atoms with E-state index in [1.165, 1.54) is 0 Å². The van der Waals surface area contributed by atoms with Gasteiger partial charge in [-0.2, -0.15) is 0 Å². The third kappa shape index (κ3) is 6.21. The summed E-state index contributed by atoms with van der Waals surface area (Å²) in [5, 5.41) is 22.8. The monoisotopic (exact) mass is 648 g/mol. The number of nitrogens with one attached hydrogen (secondary N) is 6.